The summed E-state index contributed by atoms with van der Waals surface area (Å²) in [6.07, 6.45) is 0.582. The molecule has 0 radical (unpaired) electrons. The van der Waals surface area contributed by atoms with E-state index in [1.165, 1.54) is 12.0 Å². The highest BCUT2D eigenvalue weighted by atomic mass is 16.5. The quantitative estimate of drug-likeness (QED) is 0.377. The molecule has 0 aliphatic carbocycles. The van der Waals surface area contributed by atoms with Gasteiger partial charge >= 0.3 is 6.03 Å². The Labute approximate surface area is 218 Å². The van der Waals surface area contributed by atoms with Gasteiger partial charge < -0.3 is 25.0 Å². The first-order valence-corrected chi connectivity index (χ1v) is 12.3. The average molecular weight is 508 g/mol. The Bertz CT molecular complexity index is 1200. The van der Waals surface area contributed by atoms with Crippen LogP contribution in [0.25, 0.3) is 5.69 Å². The molecule has 2 N–H and O–H groups in total. The number of nitrogens with zero attached hydrogens (tertiary/aromatic N) is 3. The number of carbonyl (C=O) groups is 2. The van der Waals surface area contributed by atoms with Crippen molar-refractivity contribution in [1.29, 1.82) is 0 Å². The van der Waals surface area contributed by atoms with E-state index in [-0.39, 0.29) is 17.9 Å². The molecule has 0 aliphatic heterocycles. The Morgan fingerprint density at radius 3 is 2.38 bits per heavy atom. The zero-order chi connectivity index (χ0) is 27.0. The summed E-state index contributed by atoms with van der Waals surface area (Å²) in [4.78, 5) is 27.8. The number of aryl methyl sites for hydroxylation is 1. The molecule has 0 saturated heterocycles. The molecule has 198 valence electrons. The Balaban J connectivity index is 1.81. The molecule has 0 unspecified atom stereocenters. The molecule has 0 fully saturated rings. The maximum Gasteiger partial charge on any atom is 0.322 e. The van der Waals surface area contributed by atoms with Crippen molar-refractivity contribution in [2.45, 2.75) is 39.5 Å². The van der Waals surface area contributed by atoms with Gasteiger partial charge in [0.2, 0.25) is 5.91 Å². The summed E-state index contributed by atoms with van der Waals surface area (Å²) >= 11 is 0. The Morgan fingerprint density at radius 2 is 1.73 bits per heavy atom. The summed E-state index contributed by atoms with van der Waals surface area (Å²) in [5.41, 5.74) is 3.12. The molecule has 0 bridgehead atoms. The molecular weight excluding hydrogens is 470 g/mol. The number of benzene rings is 2. The fourth-order valence-corrected chi connectivity index (χ4v) is 3.67. The number of rotatable bonds is 10. The number of methoxy groups -OCH3 is 2. The zero-order valence-corrected chi connectivity index (χ0v) is 22.5. The standard InChI is InChI=1S/C28H37N5O4/c1-20-12-14-21(15-13-20)33-25(18-24(31-33)28(2,3)4)30-26(34)19-32(16-9-17-36-5)27(35)29-22-10-7-8-11-23(22)37-6/h7-8,10-15,18H,9,16-17,19H2,1-6H3,(H,29,35)(H,30,34). The van der Waals surface area contributed by atoms with Gasteiger partial charge in [0.15, 0.2) is 0 Å². The fraction of sp³-hybridized carbons (Fsp3) is 0.393. The van der Waals surface area contributed by atoms with E-state index in [1.54, 1.807) is 30.0 Å². The number of carbonyl (C=O) groups excluding carboxylic acids is 2. The van der Waals surface area contributed by atoms with E-state index in [4.69, 9.17) is 14.6 Å². The third-order valence-corrected chi connectivity index (χ3v) is 5.77. The van der Waals surface area contributed by atoms with E-state index in [0.29, 0.717) is 36.8 Å². The van der Waals surface area contributed by atoms with Crippen LogP contribution in [0.15, 0.2) is 54.6 Å². The topological polar surface area (TPSA) is 97.7 Å². The van der Waals surface area contributed by atoms with Crippen molar-refractivity contribution in [3.8, 4) is 11.4 Å². The highest BCUT2D eigenvalue weighted by molar-refractivity contribution is 5.97. The third-order valence-electron chi connectivity index (χ3n) is 5.77. The Morgan fingerprint density at radius 1 is 1.03 bits per heavy atom. The molecular formula is C28H37N5O4. The summed E-state index contributed by atoms with van der Waals surface area (Å²) in [6, 6.07) is 16.5. The number of hydrogen-bond donors (Lipinski definition) is 2. The van der Waals surface area contributed by atoms with E-state index < -0.39 is 6.03 Å². The lowest BCUT2D eigenvalue weighted by Gasteiger charge is -2.23. The first-order chi connectivity index (χ1) is 17.6. The number of hydrogen-bond acceptors (Lipinski definition) is 5. The number of aromatic nitrogens is 2. The summed E-state index contributed by atoms with van der Waals surface area (Å²) in [5.74, 6) is 0.746. The molecule has 1 heterocycles. The summed E-state index contributed by atoms with van der Waals surface area (Å²) in [6.45, 7) is 8.89. The summed E-state index contributed by atoms with van der Waals surface area (Å²) in [5, 5.41) is 10.6. The van der Waals surface area contributed by atoms with Gasteiger partial charge in [-0.2, -0.15) is 5.10 Å². The maximum atomic E-state index is 13.2. The molecule has 3 amide bonds. The van der Waals surface area contributed by atoms with Gasteiger partial charge in [0.25, 0.3) is 0 Å². The zero-order valence-electron chi connectivity index (χ0n) is 22.5. The Hall–Kier alpha value is -3.85. The molecule has 1 aromatic heterocycles. The number of para-hydroxylation sites is 2. The SMILES string of the molecule is COCCCN(CC(=O)Nc1cc(C(C)(C)C)nn1-c1ccc(C)cc1)C(=O)Nc1ccccc1OC. The molecule has 0 atom stereocenters. The van der Waals surface area contributed by atoms with E-state index in [9.17, 15) is 9.59 Å². The van der Waals surface area contributed by atoms with Gasteiger partial charge in [0, 0.05) is 31.7 Å². The van der Waals surface area contributed by atoms with Crippen LogP contribution in [0.4, 0.5) is 16.3 Å². The summed E-state index contributed by atoms with van der Waals surface area (Å²) < 4.78 is 12.2. The number of nitrogens with one attached hydrogen (secondary N) is 2. The molecule has 3 aromatic rings. The van der Waals surface area contributed by atoms with Crippen LogP contribution >= 0.6 is 0 Å². The molecule has 9 nitrogen and oxygen atoms in total. The van der Waals surface area contributed by atoms with Gasteiger partial charge in [-0.25, -0.2) is 9.48 Å². The van der Waals surface area contributed by atoms with E-state index in [1.807, 2.05) is 43.3 Å². The normalized spacial score (nSPS) is 11.2. The number of anilines is 2. The van der Waals surface area contributed by atoms with Crippen molar-refractivity contribution >= 4 is 23.4 Å². The van der Waals surface area contributed by atoms with Crippen molar-refractivity contribution < 1.29 is 19.1 Å². The van der Waals surface area contributed by atoms with E-state index >= 15 is 0 Å². The lowest BCUT2D eigenvalue weighted by molar-refractivity contribution is -0.116. The van der Waals surface area contributed by atoms with Crippen LogP contribution in [0, 0.1) is 6.92 Å². The van der Waals surface area contributed by atoms with Crippen molar-refractivity contribution in [2.24, 2.45) is 0 Å². The minimum atomic E-state index is -0.404. The van der Waals surface area contributed by atoms with Crippen LogP contribution in [0.5, 0.6) is 5.75 Å². The second-order valence-electron chi connectivity index (χ2n) is 9.86. The van der Waals surface area contributed by atoms with Crippen LogP contribution in [0.3, 0.4) is 0 Å². The lowest BCUT2D eigenvalue weighted by atomic mass is 9.92. The van der Waals surface area contributed by atoms with Crippen LogP contribution in [-0.2, 0) is 14.9 Å². The maximum absolute atomic E-state index is 13.2. The first kappa shape index (κ1) is 27.7. The highest BCUT2D eigenvalue weighted by Crippen LogP contribution is 2.27. The molecule has 0 spiro atoms. The number of amides is 3. The van der Waals surface area contributed by atoms with E-state index in [2.05, 4.69) is 31.4 Å². The number of ether oxygens (including phenoxy) is 2. The van der Waals surface area contributed by atoms with Crippen LogP contribution < -0.4 is 15.4 Å². The first-order valence-electron chi connectivity index (χ1n) is 12.3. The minimum absolute atomic E-state index is 0.144. The van der Waals surface area contributed by atoms with Crippen molar-refractivity contribution in [1.82, 2.24) is 14.7 Å². The van der Waals surface area contributed by atoms with Gasteiger partial charge in [-0.3, -0.25) is 4.79 Å². The van der Waals surface area contributed by atoms with Gasteiger partial charge in [-0.1, -0.05) is 50.6 Å². The monoisotopic (exact) mass is 507 g/mol. The van der Waals surface area contributed by atoms with Gasteiger partial charge in [0.05, 0.1) is 24.2 Å². The molecule has 0 aliphatic rings. The molecule has 9 heteroatoms. The Kier molecular flexibility index (Phi) is 9.30. The molecule has 37 heavy (non-hydrogen) atoms. The fourth-order valence-electron chi connectivity index (χ4n) is 3.67. The van der Waals surface area contributed by atoms with E-state index in [0.717, 1.165) is 16.9 Å². The highest BCUT2D eigenvalue weighted by Gasteiger charge is 2.23. The lowest BCUT2D eigenvalue weighted by Crippen LogP contribution is -2.41. The van der Waals surface area contributed by atoms with Gasteiger partial charge in [-0.05, 0) is 37.6 Å². The van der Waals surface area contributed by atoms with Gasteiger partial charge in [-0.15, -0.1) is 0 Å². The predicted molar refractivity (Wildman–Crippen MR) is 146 cm³/mol. The number of urea groups is 1. The van der Waals surface area contributed by atoms with Crippen molar-refractivity contribution in [2.75, 3.05) is 44.5 Å². The van der Waals surface area contributed by atoms with Crippen molar-refractivity contribution in [3.05, 3.63) is 65.9 Å². The van der Waals surface area contributed by atoms with Crippen molar-refractivity contribution in [3.63, 3.8) is 0 Å². The van der Waals surface area contributed by atoms with Crippen LogP contribution in [0.1, 0.15) is 38.4 Å². The molecule has 0 saturated carbocycles. The van der Waals surface area contributed by atoms with Crippen LogP contribution in [0.2, 0.25) is 0 Å². The third kappa shape index (κ3) is 7.57. The van der Waals surface area contributed by atoms with Gasteiger partial charge in [0.1, 0.15) is 18.1 Å². The largest absolute Gasteiger partial charge is 0.495 e. The molecule has 3 rings (SSSR count). The second-order valence-corrected chi connectivity index (χ2v) is 9.86. The minimum Gasteiger partial charge on any atom is -0.495 e. The predicted octanol–water partition coefficient (Wildman–Crippen LogP) is 5.00. The smallest absolute Gasteiger partial charge is 0.322 e. The van der Waals surface area contributed by atoms with Crippen LogP contribution in [-0.4, -0.2) is 60.5 Å². The molecule has 2 aromatic carbocycles. The summed E-state index contributed by atoms with van der Waals surface area (Å²) in [7, 11) is 3.14. The second kappa shape index (κ2) is 12.4. The average Bonchev–Trinajstić information content (AvgIpc) is 3.28.